The molecule has 0 aromatic heterocycles. The first-order chi connectivity index (χ1) is 12.3. The summed E-state index contributed by atoms with van der Waals surface area (Å²) in [6.45, 7) is 9.99. The maximum Gasteiger partial charge on any atom is 0.251 e. The molecule has 2 rings (SSSR count). The summed E-state index contributed by atoms with van der Waals surface area (Å²) < 4.78 is 25.4. The average molecular weight is 382 g/mol. The zero-order valence-electron chi connectivity index (χ0n) is 16.1. The van der Waals surface area contributed by atoms with Gasteiger partial charge in [0, 0.05) is 44.8 Å². The first kappa shape index (κ1) is 20.9. The summed E-state index contributed by atoms with van der Waals surface area (Å²) >= 11 is 0. The Morgan fingerprint density at radius 3 is 2.27 bits per heavy atom. The Morgan fingerprint density at radius 2 is 1.73 bits per heavy atom. The number of nitrogens with zero attached hydrogens (tertiary/aromatic N) is 2. The van der Waals surface area contributed by atoms with Gasteiger partial charge in [0.15, 0.2) is 0 Å². The lowest BCUT2D eigenvalue weighted by atomic mass is 10.1. The number of amides is 1. The summed E-state index contributed by atoms with van der Waals surface area (Å²) in [5, 5.41) is 2.94. The largest absolute Gasteiger partial charge is 0.352 e. The maximum atomic E-state index is 12.1. The van der Waals surface area contributed by atoms with Crippen LogP contribution in [0.15, 0.2) is 24.3 Å². The second kappa shape index (κ2) is 9.48. The van der Waals surface area contributed by atoms with E-state index in [9.17, 15) is 13.2 Å². The quantitative estimate of drug-likeness (QED) is 0.747. The van der Waals surface area contributed by atoms with Gasteiger partial charge in [-0.15, -0.1) is 0 Å². The van der Waals surface area contributed by atoms with Gasteiger partial charge >= 0.3 is 0 Å². The van der Waals surface area contributed by atoms with Gasteiger partial charge in [0.2, 0.25) is 10.0 Å². The van der Waals surface area contributed by atoms with Gasteiger partial charge in [0.05, 0.1) is 5.75 Å². The highest BCUT2D eigenvalue weighted by Crippen LogP contribution is 2.12. The molecule has 0 radical (unpaired) electrons. The summed E-state index contributed by atoms with van der Waals surface area (Å²) in [6.07, 6.45) is 0.976. The molecule has 0 atom stereocenters. The molecule has 0 unspecified atom stereocenters. The standard InChI is InChI=1S/C19H31N3O3S/c1-4-26(24,25)22-13-11-21(12-14-22)15-17-5-7-18(8-6-17)19(23)20-10-9-16(2)3/h5-8,16H,4,9-15H2,1-3H3,(H,20,23). The second-order valence-electron chi connectivity index (χ2n) is 7.21. The molecule has 0 saturated carbocycles. The molecule has 1 aromatic rings. The molecule has 1 heterocycles. The number of sulfonamides is 1. The third-order valence-corrected chi connectivity index (χ3v) is 6.60. The minimum Gasteiger partial charge on any atom is -0.352 e. The first-order valence-electron chi connectivity index (χ1n) is 9.39. The molecular formula is C19H31N3O3S. The van der Waals surface area contributed by atoms with Crippen molar-refractivity contribution in [2.24, 2.45) is 5.92 Å². The maximum absolute atomic E-state index is 12.1. The molecule has 26 heavy (non-hydrogen) atoms. The minimum atomic E-state index is -3.08. The molecule has 1 aromatic carbocycles. The number of benzene rings is 1. The number of carbonyl (C=O) groups is 1. The first-order valence-corrected chi connectivity index (χ1v) is 11.0. The Balaban J connectivity index is 1.82. The molecule has 146 valence electrons. The molecule has 1 fully saturated rings. The van der Waals surface area contributed by atoms with Crippen LogP contribution < -0.4 is 5.32 Å². The van der Waals surface area contributed by atoms with E-state index in [1.807, 2.05) is 24.3 Å². The zero-order chi connectivity index (χ0) is 19.2. The van der Waals surface area contributed by atoms with E-state index >= 15 is 0 Å². The van der Waals surface area contributed by atoms with Crippen LogP contribution in [0.2, 0.25) is 0 Å². The van der Waals surface area contributed by atoms with Gasteiger partial charge < -0.3 is 5.32 Å². The number of carbonyl (C=O) groups excluding carboxylic acids is 1. The molecule has 0 bridgehead atoms. The predicted molar refractivity (Wildman–Crippen MR) is 105 cm³/mol. The Labute approximate surface area is 157 Å². The SMILES string of the molecule is CCS(=O)(=O)N1CCN(Cc2ccc(C(=O)NCCC(C)C)cc2)CC1. The number of nitrogens with one attached hydrogen (secondary N) is 1. The Bertz CT molecular complexity index is 678. The summed E-state index contributed by atoms with van der Waals surface area (Å²) in [6, 6.07) is 7.68. The van der Waals surface area contributed by atoms with Crippen LogP contribution in [0.3, 0.4) is 0 Å². The van der Waals surface area contributed by atoms with Crippen molar-refractivity contribution in [1.29, 1.82) is 0 Å². The van der Waals surface area contributed by atoms with Crippen molar-refractivity contribution in [1.82, 2.24) is 14.5 Å². The lowest BCUT2D eigenvalue weighted by molar-refractivity contribution is 0.0952. The Morgan fingerprint density at radius 1 is 1.12 bits per heavy atom. The number of rotatable bonds is 8. The molecule has 1 amide bonds. The molecule has 1 N–H and O–H groups in total. The Kier molecular flexibility index (Phi) is 7.61. The molecule has 1 aliphatic rings. The van der Waals surface area contributed by atoms with E-state index in [1.54, 1.807) is 11.2 Å². The van der Waals surface area contributed by atoms with Gasteiger partial charge in [-0.1, -0.05) is 26.0 Å². The molecule has 0 aliphatic carbocycles. The van der Waals surface area contributed by atoms with E-state index in [4.69, 9.17) is 0 Å². The van der Waals surface area contributed by atoms with Crippen molar-refractivity contribution in [2.75, 3.05) is 38.5 Å². The highest BCUT2D eigenvalue weighted by molar-refractivity contribution is 7.89. The second-order valence-corrected chi connectivity index (χ2v) is 9.47. The van der Waals surface area contributed by atoms with Gasteiger partial charge in [-0.3, -0.25) is 9.69 Å². The minimum absolute atomic E-state index is 0.0319. The van der Waals surface area contributed by atoms with Crippen molar-refractivity contribution in [3.05, 3.63) is 35.4 Å². The van der Waals surface area contributed by atoms with Gasteiger partial charge in [0.1, 0.15) is 0 Å². The smallest absolute Gasteiger partial charge is 0.251 e. The summed E-state index contributed by atoms with van der Waals surface area (Å²) in [5.74, 6) is 0.703. The molecular weight excluding hydrogens is 350 g/mol. The molecule has 1 aliphatic heterocycles. The fourth-order valence-corrected chi connectivity index (χ4v) is 4.03. The van der Waals surface area contributed by atoms with Crippen molar-refractivity contribution < 1.29 is 13.2 Å². The predicted octanol–water partition coefficient (Wildman–Crippen LogP) is 1.93. The van der Waals surface area contributed by atoms with Crippen molar-refractivity contribution in [2.45, 2.75) is 33.7 Å². The van der Waals surface area contributed by atoms with Crippen molar-refractivity contribution in [3.8, 4) is 0 Å². The normalized spacial score (nSPS) is 16.8. The molecule has 6 nitrogen and oxygen atoms in total. The fourth-order valence-electron chi connectivity index (χ4n) is 2.94. The molecule has 0 spiro atoms. The topological polar surface area (TPSA) is 69.7 Å². The van der Waals surface area contributed by atoms with Crippen LogP contribution in [-0.2, 0) is 16.6 Å². The Hall–Kier alpha value is -1.44. The third-order valence-electron chi connectivity index (χ3n) is 4.72. The van der Waals surface area contributed by atoms with Gasteiger partial charge in [0.25, 0.3) is 5.91 Å². The fraction of sp³-hybridized carbons (Fsp3) is 0.632. The number of hydrogen-bond acceptors (Lipinski definition) is 4. The van der Waals surface area contributed by atoms with Crippen LogP contribution >= 0.6 is 0 Å². The summed E-state index contributed by atoms with van der Waals surface area (Å²) in [7, 11) is -3.08. The van der Waals surface area contributed by atoms with Crippen LogP contribution in [0.5, 0.6) is 0 Å². The summed E-state index contributed by atoms with van der Waals surface area (Å²) in [4.78, 5) is 14.4. The number of piperazine rings is 1. The van der Waals surface area contributed by atoms with E-state index < -0.39 is 10.0 Å². The lowest BCUT2D eigenvalue weighted by Gasteiger charge is -2.33. The van der Waals surface area contributed by atoms with Crippen LogP contribution in [0, 0.1) is 5.92 Å². The zero-order valence-corrected chi connectivity index (χ0v) is 16.9. The van der Waals surface area contributed by atoms with E-state index in [-0.39, 0.29) is 11.7 Å². The highest BCUT2D eigenvalue weighted by atomic mass is 32.2. The van der Waals surface area contributed by atoms with E-state index in [0.717, 1.165) is 31.6 Å². The van der Waals surface area contributed by atoms with Crippen molar-refractivity contribution in [3.63, 3.8) is 0 Å². The van der Waals surface area contributed by atoms with Crippen LogP contribution in [0.4, 0.5) is 0 Å². The lowest BCUT2D eigenvalue weighted by Crippen LogP contribution is -2.48. The monoisotopic (exact) mass is 381 g/mol. The van der Waals surface area contributed by atoms with Crippen LogP contribution in [-0.4, -0.2) is 62.0 Å². The highest BCUT2D eigenvalue weighted by Gasteiger charge is 2.25. The van der Waals surface area contributed by atoms with Gasteiger partial charge in [-0.25, -0.2) is 8.42 Å². The van der Waals surface area contributed by atoms with E-state index in [1.165, 1.54) is 0 Å². The van der Waals surface area contributed by atoms with Crippen LogP contribution in [0.25, 0.3) is 0 Å². The number of hydrogen-bond donors (Lipinski definition) is 1. The molecule has 1 saturated heterocycles. The van der Waals surface area contributed by atoms with Crippen LogP contribution in [0.1, 0.15) is 43.1 Å². The summed E-state index contributed by atoms with van der Waals surface area (Å²) in [5.41, 5.74) is 1.81. The van der Waals surface area contributed by atoms with Gasteiger partial charge in [-0.05, 0) is 37.0 Å². The van der Waals surface area contributed by atoms with Gasteiger partial charge in [-0.2, -0.15) is 4.31 Å². The third kappa shape index (κ3) is 6.07. The van der Waals surface area contributed by atoms with E-state index in [2.05, 4.69) is 24.1 Å². The van der Waals surface area contributed by atoms with E-state index in [0.29, 0.717) is 31.1 Å². The average Bonchev–Trinajstić information content (AvgIpc) is 2.62. The van der Waals surface area contributed by atoms with Crippen molar-refractivity contribution >= 4 is 15.9 Å². The molecule has 7 heteroatoms.